The van der Waals surface area contributed by atoms with E-state index in [9.17, 15) is 0 Å². The molecule has 2 radical (unpaired) electrons. The Morgan fingerprint density at radius 2 is 0.333 bits per heavy atom. The predicted molar refractivity (Wildman–Crippen MR) is 14.9 cm³/mol. The van der Waals surface area contributed by atoms with Gasteiger partial charge in [0.1, 0.15) is 0 Å². The maximum atomic E-state index is 0. The van der Waals surface area contributed by atoms with Crippen LogP contribution in [-0.2, 0) is 27.4 Å². The topological polar surface area (TPSA) is 142 Å². The third-order valence-corrected chi connectivity index (χ3v) is 0. The van der Waals surface area contributed by atoms with Gasteiger partial charge in [0.05, 0.1) is 0 Å². The van der Waals surface area contributed by atoms with Gasteiger partial charge < -0.3 is 27.4 Å². The zero-order chi connectivity index (χ0) is 0. The average molecular weight is 440 g/mol. The van der Waals surface area contributed by atoms with E-state index in [4.69, 9.17) is 0 Å². The summed E-state index contributed by atoms with van der Waals surface area (Å²) in [5, 5.41) is 0. The molecule has 0 aromatic rings. The maximum absolute atomic E-state index is 0. The van der Waals surface area contributed by atoms with Gasteiger partial charge in [-0.1, -0.05) is 0 Å². The second kappa shape index (κ2) is 74.0. The molecule has 0 aromatic carbocycles. The molecule has 0 aliphatic carbocycles. The molecule has 5 nitrogen and oxygen atoms in total. The maximum Gasteiger partial charge on any atom is 3.00 e. The van der Waals surface area contributed by atoms with Crippen LogP contribution in [0, 0.1) is 83.5 Å². The molecule has 0 amide bonds. The third kappa shape index (κ3) is 62.3. The van der Waals surface area contributed by atoms with E-state index in [1.54, 1.807) is 0 Å². The van der Waals surface area contributed by atoms with Crippen molar-refractivity contribution in [3.8, 4) is 0 Å². The van der Waals surface area contributed by atoms with Crippen LogP contribution < -0.4 is 0 Å². The van der Waals surface area contributed by atoms with Gasteiger partial charge in [0.15, 0.2) is 0 Å². The van der Waals surface area contributed by atoms with Crippen molar-refractivity contribution < 1.29 is 111 Å². The molecule has 9 heteroatoms. The molecule has 0 saturated heterocycles. The van der Waals surface area contributed by atoms with Gasteiger partial charge in [0, 0.05) is 0 Å². The van der Waals surface area contributed by atoms with Crippen molar-refractivity contribution in [2.45, 2.75) is 0 Å². The van der Waals surface area contributed by atoms with E-state index in [1.807, 2.05) is 0 Å². The van der Waals surface area contributed by atoms with Crippen LogP contribution in [-0.4, -0.2) is 75.5 Å². The molecule has 42 valence electrons. The Labute approximate surface area is 181 Å². The predicted octanol–water partition coefficient (Wildman–Crippen LogP) is -1.36. The SMILES string of the molecule is [Ca+2].[Ca+2].[Ce+3].[Ce+3].[O-2].[O-2].[O-2].[O-2].[O-2]. The van der Waals surface area contributed by atoms with E-state index >= 15 is 0 Å². The van der Waals surface area contributed by atoms with Crippen LogP contribution in [0.25, 0.3) is 0 Å². The van der Waals surface area contributed by atoms with Crippen LogP contribution >= 0.6 is 0 Å². The molecule has 0 aromatic heterocycles. The number of hydrogen-bond acceptors (Lipinski definition) is 0. The Morgan fingerprint density at radius 3 is 0.333 bits per heavy atom. The first-order valence-corrected chi connectivity index (χ1v) is 0. The van der Waals surface area contributed by atoms with Crippen molar-refractivity contribution in [1.29, 1.82) is 0 Å². The summed E-state index contributed by atoms with van der Waals surface area (Å²) in [5.74, 6) is 0. The minimum Gasteiger partial charge on any atom is -2.00 e. The van der Waals surface area contributed by atoms with Crippen LogP contribution in [0.1, 0.15) is 0 Å². The van der Waals surface area contributed by atoms with Crippen molar-refractivity contribution in [3.05, 3.63) is 0 Å². The smallest absolute Gasteiger partial charge is 2.00 e. The van der Waals surface area contributed by atoms with Crippen molar-refractivity contribution in [1.82, 2.24) is 0 Å². The third-order valence-electron chi connectivity index (χ3n) is 0. The second-order valence-corrected chi connectivity index (χ2v) is 0. The molecular formula is Ca2Ce2O5. The number of hydrogen-bond donors (Lipinski definition) is 0. The summed E-state index contributed by atoms with van der Waals surface area (Å²) in [4.78, 5) is 0. The van der Waals surface area contributed by atoms with E-state index in [2.05, 4.69) is 0 Å². The molecule has 0 unspecified atom stereocenters. The van der Waals surface area contributed by atoms with E-state index < -0.39 is 0 Å². The summed E-state index contributed by atoms with van der Waals surface area (Å²) >= 11 is 0. The zero-order valence-electron chi connectivity index (χ0n) is 4.46. The molecule has 0 spiro atoms. The van der Waals surface area contributed by atoms with Gasteiger partial charge in [-0.25, -0.2) is 0 Å². The minimum atomic E-state index is 0. The van der Waals surface area contributed by atoms with E-state index in [0.717, 1.165) is 0 Å². The first-order valence-electron chi connectivity index (χ1n) is 0. The van der Waals surface area contributed by atoms with Crippen molar-refractivity contribution in [3.63, 3.8) is 0 Å². The summed E-state index contributed by atoms with van der Waals surface area (Å²) in [7, 11) is 0. The van der Waals surface area contributed by atoms with Crippen LogP contribution in [0.3, 0.4) is 0 Å². The fraction of sp³-hybridized carbons (Fsp3) is 0. The molecular weight excluding hydrogens is 440 g/mol. The van der Waals surface area contributed by atoms with Crippen LogP contribution in [0.2, 0.25) is 0 Å². The summed E-state index contributed by atoms with van der Waals surface area (Å²) in [6.07, 6.45) is 0. The Hall–Kier alpha value is 5.07. The minimum absolute atomic E-state index is 0. The Morgan fingerprint density at radius 1 is 0.333 bits per heavy atom. The van der Waals surface area contributed by atoms with E-state index in [-0.39, 0.29) is 186 Å². The van der Waals surface area contributed by atoms with Crippen molar-refractivity contribution in [2.24, 2.45) is 0 Å². The van der Waals surface area contributed by atoms with Crippen molar-refractivity contribution in [2.75, 3.05) is 0 Å². The van der Waals surface area contributed by atoms with E-state index in [0.29, 0.717) is 0 Å². The van der Waals surface area contributed by atoms with Gasteiger partial charge in [0.25, 0.3) is 0 Å². The van der Waals surface area contributed by atoms with Crippen molar-refractivity contribution >= 4 is 75.5 Å². The monoisotopic (exact) mass is 440 g/mol. The molecule has 0 aliphatic heterocycles. The molecule has 0 heterocycles. The Bertz CT molecular complexity index is 12.9. The summed E-state index contributed by atoms with van der Waals surface area (Å²) in [5.41, 5.74) is 0. The molecule has 0 aliphatic rings. The zero-order valence-corrected chi connectivity index (χ0v) is 15.2. The summed E-state index contributed by atoms with van der Waals surface area (Å²) < 4.78 is 0. The summed E-state index contributed by atoms with van der Waals surface area (Å²) in [6, 6.07) is 0. The van der Waals surface area contributed by atoms with Gasteiger partial charge >= 0.3 is 159 Å². The molecule has 9 heavy (non-hydrogen) atoms. The standard InChI is InChI=1S/2Ca.2Ce.5O/q2*+2;2*+3;5*-2. The molecule has 0 N–H and O–H groups in total. The molecule has 0 rings (SSSR count). The number of rotatable bonds is 0. The van der Waals surface area contributed by atoms with Crippen LogP contribution in [0.15, 0.2) is 0 Å². The quantitative estimate of drug-likeness (QED) is 0.411. The van der Waals surface area contributed by atoms with E-state index in [1.165, 1.54) is 0 Å². The van der Waals surface area contributed by atoms with Gasteiger partial charge in [-0.2, -0.15) is 0 Å². The molecule has 0 atom stereocenters. The van der Waals surface area contributed by atoms with Gasteiger partial charge in [0.2, 0.25) is 0 Å². The fourth-order valence-corrected chi connectivity index (χ4v) is 0. The average Bonchev–Trinajstić information content (AvgIpc) is 0. The normalized spacial score (nSPS) is 0. The Kier molecular flexibility index (Phi) is 769. The molecule has 0 saturated carbocycles. The second-order valence-electron chi connectivity index (χ2n) is 0. The molecule has 0 fully saturated rings. The Balaban J connectivity index is 0. The summed E-state index contributed by atoms with van der Waals surface area (Å²) in [6.45, 7) is 0. The van der Waals surface area contributed by atoms with Gasteiger partial charge in [-0.15, -0.1) is 0 Å². The van der Waals surface area contributed by atoms with Gasteiger partial charge in [-0.05, 0) is 0 Å². The van der Waals surface area contributed by atoms with Crippen LogP contribution in [0.4, 0.5) is 0 Å². The van der Waals surface area contributed by atoms with Crippen LogP contribution in [0.5, 0.6) is 0 Å². The largest absolute Gasteiger partial charge is 3.00 e. The first kappa shape index (κ1) is 93.5. The van der Waals surface area contributed by atoms with Gasteiger partial charge in [-0.3, -0.25) is 0 Å². The molecule has 0 bridgehead atoms. The fourth-order valence-electron chi connectivity index (χ4n) is 0. The first-order chi connectivity index (χ1) is 0.